The third-order valence-electron chi connectivity index (χ3n) is 1.75. The Morgan fingerprint density at radius 1 is 1.50 bits per heavy atom. The second kappa shape index (κ2) is 4.33. The van der Waals surface area contributed by atoms with Gasteiger partial charge in [0.05, 0.1) is 4.92 Å². The summed E-state index contributed by atoms with van der Waals surface area (Å²) in [6, 6.07) is 2.28. The monoisotopic (exact) mass is 235 g/mol. The molecule has 0 saturated heterocycles. The minimum atomic E-state index is -4.34. The third kappa shape index (κ3) is 3.37. The van der Waals surface area contributed by atoms with Crippen molar-refractivity contribution in [3.05, 3.63) is 28.4 Å². The Bertz CT molecular complexity index is 377. The van der Waals surface area contributed by atoms with Gasteiger partial charge in [-0.25, -0.2) is 4.98 Å². The third-order valence-corrected chi connectivity index (χ3v) is 1.75. The lowest BCUT2D eigenvalue weighted by Crippen LogP contribution is -2.31. The molecule has 0 bridgehead atoms. The van der Waals surface area contributed by atoms with Gasteiger partial charge in [-0.05, 0) is 6.07 Å². The summed E-state index contributed by atoms with van der Waals surface area (Å²) in [6.07, 6.45) is -3.42. The molecule has 0 fully saturated rings. The van der Waals surface area contributed by atoms with E-state index in [0.29, 0.717) is 0 Å². The molecule has 1 aromatic rings. The van der Waals surface area contributed by atoms with Gasteiger partial charge in [-0.3, -0.25) is 10.1 Å². The van der Waals surface area contributed by atoms with Crippen LogP contribution in [0.3, 0.4) is 0 Å². The molecule has 5 nitrogen and oxygen atoms in total. The smallest absolute Gasteiger partial charge is 0.351 e. The van der Waals surface area contributed by atoms with Crippen molar-refractivity contribution >= 4 is 11.5 Å². The topological polar surface area (TPSA) is 59.3 Å². The van der Waals surface area contributed by atoms with Crippen molar-refractivity contribution in [1.29, 1.82) is 0 Å². The molecule has 0 atom stereocenters. The van der Waals surface area contributed by atoms with Crippen LogP contribution in [0.25, 0.3) is 0 Å². The van der Waals surface area contributed by atoms with E-state index in [0.717, 1.165) is 17.2 Å². The Labute approximate surface area is 88.7 Å². The van der Waals surface area contributed by atoms with Crippen molar-refractivity contribution in [1.82, 2.24) is 4.98 Å². The average Bonchev–Trinajstić information content (AvgIpc) is 2.15. The molecule has 16 heavy (non-hydrogen) atoms. The molecule has 8 heteroatoms. The number of rotatable bonds is 3. The summed E-state index contributed by atoms with van der Waals surface area (Å²) in [4.78, 5) is 14.0. The van der Waals surface area contributed by atoms with Crippen molar-refractivity contribution in [3.63, 3.8) is 0 Å². The largest absolute Gasteiger partial charge is 0.405 e. The van der Waals surface area contributed by atoms with Crippen LogP contribution in [0.1, 0.15) is 0 Å². The molecule has 0 aliphatic rings. The van der Waals surface area contributed by atoms with Crippen LogP contribution in [0, 0.1) is 10.1 Å². The second-order valence-corrected chi connectivity index (χ2v) is 3.10. The molecule has 0 radical (unpaired) electrons. The first kappa shape index (κ1) is 12.2. The number of nitrogens with zero attached hydrogens (tertiary/aromatic N) is 3. The zero-order valence-electron chi connectivity index (χ0n) is 8.23. The SMILES string of the molecule is CN(CC(F)(F)F)c1ccc([N+](=O)[O-])cn1. The van der Waals surface area contributed by atoms with Crippen LogP contribution in [0.5, 0.6) is 0 Å². The van der Waals surface area contributed by atoms with Gasteiger partial charge in [0, 0.05) is 13.1 Å². The molecule has 1 heterocycles. The lowest BCUT2D eigenvalue weighted by Gasteiger charge is -2.19. The zero-order chi connectivity index (χ0) is 12.3. The summed E-state index contributed by atoms with van der Waals surface area (Å²) in [5.74, 6) is 0.0305. The summed E-state index contributed by atoms with van der Waals surface area (Å²) >= 11 is 0. The van der Waals surface area contributed by atoms with E-state index in [-0.39, 0.29) is 11.5 Å². The van der Waals surface area contributed by atoms with Gasteiger partial charge in [0.25, 0.3) is 5.69 Å². The van der Waals surface area contributed by atoms with E-state index in [1.165, 1.54) is 13.1 Å². The maximum Gasteiger partial charge on any atom is 0.405 e. The quantitative estimate of drug-likeness (QED) is 0.593. The predicted molar refractivity (Wildman–Crippen MR) is 50.2 cm³/mol. The fraction of sp³-hybridized carbons (Fsp3) is 0.375. The van der Waals surface area contributed by atoms with Crippen molar-refractivity contribution < 1.29 is 18.1 Å². The van der Waals surface area contributed by atoms with E-state index in [2.05, 4.69) is 4.98 Å². The van der Waals surface area contributed by atoms with Crippen LogP contribution in [0.15, 0.2) is 18.3 Å². The van der Waals surface area contributed by atoms with Crippen LogP contribution in [0.4, 0.5) is 24.7 Å². The maximum atomic E-state index is 12.0. The fourth-order valence-corrected chi connectivity index (χ4v) is 1.06. The minimum absolute atomic E-state index is 0.0305. The summed E-state index contributed by atoms with van der Waals surface area (Å²) in [5, 5.41) is 10.3. The Kier molecular flexibility index (Phi) is 3.31. The normalized spacial score (nSPS) is 11.2. The molecule has 0 amide bonds. The molecule has 1 aromatic heterocycles. The zero-order valence-corrected chi connectivity index (χ0v) is 8.23. The van der Waals surface area contributed by atoms with Crippen molar-refractivity contribution in [3.8, 4) is 0 Å². The Hall–Kier alpha value is -1.86. The van der Waals surface area contributed by atoms with E-state index in [9.17, 15) is 23.3 Å². The molecule has 0 aromatic carbocycles. The predicted octanol–water partition coefficient (Wildman–Crippen LogP) is 1.99. The van der Waals surface area contributed by atoms with Gasteiger partial charge in [-0.2, -0.15) is 13.2 Å². The highest BCUT2D eigenvalue weighted by Gasteiger charge is 2.29. The molecular weight excluding hydrogens is 227 g/mol. The van der Waals surface area contributed by atoms with Crippen molar-refractivity contribution in [2.75, 3.05) is 18.5 Å². The Balaban J connectivity index is 2.78. The first-order chi connectivity index (χ1) is 7.29. The van der Waals surface area contributed by atoms with Gasteiger partial charge in [-0.15, -0.1) is 0 Å². The minimum Gasteiger partial charge on any atom is -0.351 e. The van der Waals surface area contributed by atoms with Gasteiger partial charge in [0.1, 0.15) is 18.6 Å². The molecule has 0 saturated carbocycles. The Morgan fingerprint density at radius 3 is 2.50 bits per heavy atom. The van der Waals surface area contributed by atoms with Crippen LogP contribution in [-0.2, 0) is 0 Å². The van der Waals surface area contributed by atoms with Crippen molar-refractivity contribution in [2.24, 2.45) is 0 Å². The van der Waals surface area contributed by atoms with Gasteiger partial charge in [-0.1, -0.05) is 0 Å². The van der Waals surface area contributed by atoms with Gasteiger partial charge >= 0.3 is 6.18 Å². The summed E-state index contributed by atoms with van der Waals surface area (Å²) in [6.45, 7) is -1.15. The highest BCUT2D eigenvalue weighted by molar-refractivity contribution is 5.42. The molecule has 88 valence electrons. The number of hydrogen-bond donors (Lipinski definition) is 0. The lowest BCUT2D eigenvalue weighted by atomic mass is 10.4. The van der Waals surface area contributed by atoms with E-state index >= 15 is 0 Å². The number of halogens is 3. The van der Waals surface area contributed by atoms with Gasteiger partial charge in [0.15, 0.2) is 0 Å². The molecular formula is C8H8F3N3O2. The van der Waals surface area contributed by atoms with Gasteiger partial charge < -0.3 is 4.90 Å². The highest BCUT2D eigenvalue weighted by atomic mass is 19.4. The maximum absolute atomic E-state index is 12.0. The molecule has 1 rings (SSSR count). The second-order valence-electron chi connectivity index (χ2n) is 3.10. The number of hydrogen-bond acceptors (Lipinski definition) is 4. The van der Waals surface area contributed by atoms with Crippen LogP contribution in [0.2, 0.25) is 0 Å². The van der Waals surface area contributed by atoms with Crippen LogP contribution in [-0.4, -0.2) is 29.7 Å². The molecule has 0 N–H and O–H groups in total. The molecule has 0 unspecified atom stereocenters. The average molecular weight is 235 g/mol. The summed E-state index contributed by atoms with van der Waals surface area (Å²) in [7, 11) is 1.21. The number of nitro groups is 1. The van der Waals surface area contributed by atoms with E-state index in [1.54, 1.807) is 0 Å². The standard InChI is InChI=1S/C8H8F3N3O2/c1-13(5-8(9,10)11)7-3-2-6(4-12-7)14(15)16/h2-4H,5H2,1H3. The molecule has 0 spiro atoms. The van der Waals surface area contributed by atoms with Crippen LogP contribution >= 0.6 is 0 Å². The lowest BCUT2D eigenvalue weighted by molar-refractivity contribution is -0.385. The number of aromatic nitrogens is 1. The van der Waals surface area contributed by atoms with Gasteiger partial charge in [0.2, 0.25) is 0 Å². The molecule has 0 aliphatic heterocycles. The summed E-state index contributed by atoms with van der Waals surface area (Å²) < 4.78 is 36.1. The van der Waals surface area contributed by atoms with E-state index < -0.39 is 17.6 Å². The highest BCUT2D eigenvalue weighted by Crippen LogP contribution is 2.20. The number of alkyl halides is 3. The fourth-order valence-electron chi connectivity index (χ4n) is 1.06. The first-order valence-corrected chi connectivity index (χ1v) is 4.18. The summed E-state index contributed by atoms with van der Waals surface area (Å²) in [5.41, 5.74) is -0.260. The van der Waals surface area contributed by atoms with Crippen LogP contribution < -0.4 is 4.90 Å². The van der Waals surface area contributed by atoms with E-state index in [1.807, 2.05) is 0 Å². The Morgan fingerprint density at radius 2 is 2.12 bits per heavy atom. The number of pyridine rings is 1. The first-order valence-electron chi connectivity index (χ1n) is 4.18. The molecule has 0 aliphatic carbocycles. The number of anilines is 1. The van der Waals surface area contributed by atoms with E-state index in [4.69, 9.17) is 0 Å². The van der Waals surface area contributed by atoms with Crippen molar-refractivity contribution in [2.45, 2.75) is 6.18 Å².